The number of rotatable bonds is 3. The second-order valence-corrected chi connectivity index (χ2v) is 5.81. The SMILES string of the molecule is CSc1nn(-c2c(Cl)cc(Cl)cc2Cl)c(N)c1C(N)=O. The number of nitrogens with zero attached hydrogens (tertiary/aromatic N) is 2. The minimum atomic E-state index is -0.667. The highest BCUT2D eigenvalue weighted by atomic mass is 35.5. The Hall–Kier alpha value is -1.08. The fourth-order valence-electron chi connectivity index (χ4n) is 1.69. The number of thioether (sulfide) groups is 1. The summed E-state index contributed by atoms with van der Waals surface area (Å²) in [6.07, 6.45) is 1.75. The van der Waals surface area contributed by atoms with Gasteiger partial charge in [-0.05, 0) is 18.4 Å². The molecule has 0 saturated heterocycles. The van der Waals surface area contributed by atoms with E-state index in [1.807, 2.05) is 0 Å². The number of nitrogens with two attached hydrogens (primary N) is 2. The minimum absolute atomic E-state index is 0.0768. The van der Waals surface area contributed by atoms with Gasteiger partial charge in [0.25, 0.3) is 5.91 Å². The van der Waals surface area contributed by atoms with Gasteiger partial charge in [-0.15, -0.1) is 11.8 Å². The van der Waals surface area contributed by atoms with E-state index in [1.54, 1.807) is 6.26 Å². The Kier molecular flexibility index (Phi) is 4.39. The number of primary amides is 1. The first-order valence-corrected chi connectivity index (χ1v) is 7.59. The molecule has 1 heterocycles. The average Bonchev–Trinajstić information content (AvgIpc) is 2.65. The molecule has 2 rings (SSSR count). The van der Waals surface area contributed by atoms with Crippen molar-refractivity contribution in [3.05, 3.63) is 32.8 Å². The Morgan fingerprint density at radius 2 is 1.85 bits per heavy atom. The molecular weight excluding hydrogens is 343 g/mol. The van der Waals surface area contributed by atoms with Crippen molar-refractivity contribution in [3.63, 3.8) is 0 Å². The number of aromatic nitrogens is 2. The van der Waals surface area contributed by atoms with Crippen LogP contribution in [0, 0.1) is 0 Å². The van der Waals surface area contributed by atoms with E-state index in [2.05, 4.69) is 5.10 Å². The molecule has 9 heteroatoms. The topological polar surface area (TPSA) is 86.9 Å². The highest BCUT2D eigenvalue weighted by Crippen LogP contribution is 2.35. The molecule has 1 aromatic heterocycles. The molecule has 0 unspecified atom stereocenters. The zero-order valence-corrected chi connectivity index (χ0v) is 13.2. The van der Waals surface area contributed by atoms with Crippen LogP contribution in [0.1, 0.15) is 10.4 Å². The largest absolute Gasteiger partial charge is 0.383 e. The third kappa shape index (κ3) is 2.56. The molecule has 0 atom stereocenters. The molecule has 5 nitrogen and oxygen atoms in total. The van der Waals surface area contributed by atoms with E-state index in [9.17, 15) is 4.79 Å². The van der Waals surface area contributed by atoms with Crippen LogP contribution in [-0.2, 0) is 0 Å². The number of hydrogen-bond donors (Lipinski definition) is 2. The van der Waals surface area contributed by atoms with Gasteiger partial charge in [0, 0.05) is 5.02 Å². The van der Waals surface area contributed by atoms with Crippen LogP contribution in [0.4, 0.5) is 5.82 Å². The van der Waals surface area contributed by atoms with Crippen LogP contribution in [0.15, 0.2) is 17.2 Å². The van der Waals surface area contributed by atoms with Gasteiger partial charge in [0.05, 0.1) is 10.0 Å². The van der Waals surface area contributed by atoms with Crippen molar-refractivity contribution >= 4 is 58.3 Å². The molecule has 106 valence electrons. The van der Waals surface area contributed by atoms with Gasteiger partial charge in [0.15, 0.2) is 0 Å². The molecule has 20 heavy (non-hydrogen) atoms. The third-order valence-electron chi connectivity index (χ3n) is 2.52. The summed E-state index contributed by atoms with van der Waals surface area (Å²) in [5.74, 6) is -0.590. The lowest BCUT2D eigenvalue weighted by molar-refractivity contribution is 0.0998. The van der Waals surface area contributed by atoms with Crippen LogP contribution in [0.2, 0.25) is 15.1 Å². The van der Waals surface area contributed by atoms with Crippen molar-refractivity contribution in [2.24, 2.45) is 5.73 Å². The maximum atomic E-state index is 11.5. The van der Waals surface area contributed by atoms with Gasteiger partial charge in [-0.3, -0.25) is 4.79 Å². The normalized spacial score (nSPS) is 10.8. The van der Waals surface area contributed by atoms with Crippen molar-refractivity contribution in [3.8, 4) is 5.69 Å². The molecule has 2 aromatic rings. The number of hydrogen-bond acceptors (Lipinski definition) is 4. The molecule has 0 aliphatic carbocycles. The Morgan fingerprint density at radius 1 is 1.30 bits per heavy atom. The fraction of sp³-hybridized carbons (Fsp3) is 0.0909. The Morgan fingerprint density at radius 3 is 2.25 bits per heavy atom. The number of halogens is 3. The number of benzene rings is 1. The quantitative estimate of drug-likeness (QED) is 0.831. The van der Waals surface area contributed by atoms with E-state index in [0.29, 0.717) is 15.7 Å². The zero-order chi connectivity index (χ0) is 15.0. The van der Waals surface area contributed by atoms with E-state index in [-0.39, 0.29) is 21.4 Å². The van der Waals surface area contributed by atoms with E-state index in [0.717, 1.165) is 0 Å². The van der Waals surface area contributed by atoms with Gasteiger partial charge in [0.2, 0.25) is 0 Å². The molecule has 0 aliphatic heterocycles. The molecule has 0 saturated carbocycles. The summed E-state index contributed by atoms with van der Waals surface area (Å²) in [5, 5.41) is 5.53. The standard InChI is InChI=1S/C11H9Cl3N4OS/c1-20-11-7(10(16)19)9(15)18(17-11)8-5(13)2-4(12)3-6(8)14/h2-3H,15H2,1H3,(H2,16,19). The lowest BCUT2D eigenvalue weighted by Crippen LogP contribution is -2.14. The van der Waals surface area contributed by atoms with Crippen LogP contribution in [-0.4, -0.2) is 21.9 Å². The summed E-state index contributed by atoms with van der Waals surface area (Å²) in [6, 6.07) is 3.02. The van der Waals surface area contributed by atoms with Crippen LogP contribution in [0.5, 0.6) is 0 Å². The van der Waals surface area contributed by atoms with Crippen molar-refractivity contribution in [1.82, 2.24) is 9.78 Å². The van der Waals surface area contributed by atoms with E-state index >= 15 is 0 Å². The highest BCUT2D eigenvalue weighted by molar-refractivity contribution is 7.98. The van der Waals surface area contributed by atoms with Crippen LogP contribution >= 0.6 is 46.6 Å². The van der Waals surface area contributed by atoms with Crippen molar-refractivity contribution < 1.29 is 4.79 Å². The summed E-state index contributed by atoms with van der Waals surface area (Å²) in [4.78, 5) is 11.5. The molecular formula is C11H9Cl3N4OS. The summed E-state index contributed by atoms with van der Waals surface area (Å²) in [6.45, 7) is 0. The van der Waals surface area contributed by atoms with Gasteiger partial charge in [-0.25, -0.2) is 4.68 Å². The smallest absolute Gasteiger partial charge is 0.255 e. The molecule has 0 aliphatic rings. The van der Waals surface area contributed by atoms with Gasteiger partial charge < -0.3 is 11.5 Å². The van der Waals surface area contributed by atoms with Crippen LogP contribution in [0.3, 0.4) is 0 Å². The predicted octanol–water partition coefficient (Wildman–Crippen LogP) is 3.24. The van der Waals surface area contributed by atoms with Gasteiger partial charge in [-0.2, -0.15) is 5.10 Å². The Labute approximate surface area is 134 Å². The van der Waals surface area contributed by atoms with E-state index in [1.165, 1.54) is 28.6 Å². The van der Waals surface area contributed by atoms with Crippen molar-refractivity contribution in [2.45, 2.75) is 5.03 Å². The van der Waals surface area contributed by atoms with Crippen molar-refractivity contribution in [2.75, 3.05) is 12.0 Å². The number of carbonyl (C=O) groups is 1. The highest BCUT2D eigenvalue weighted by Gasteiger charge is 2.23. The molecule has 1 amide bonds. The minimum Gasteiger partial charge on any atom is -0.383 e. The first-order chi connectivity index (χ1) is 9.36. The fourth-order valence-corrected chi connectivity index (χ4v) is 3.24. The van der Waals surface area contributed by atoms with Gasteiger partial charge in [0.1, 0.15) is 22.1 Å². The average molecular weight is 352 g/mol. The number of carbonyl (C=O) groups excluding carboxylic acids is 1. The number of nitrogen functional groups attached to an aromatic ring is 1. The van der Waals surface area contributed by atoms with E-state index in [4.69, 9.17) is 46.3 Å². The molecule has 4 N–H and O–H groups in total. The summed E-state index contributed by atoms with van der Waals surface area (Å²) in [7, 11) is 0. The maximum absolute atomic E-state index is 11.5. The molecule has 1 aromatic carbocycles. The van der Waals surface area contributed by atoms with E-state index < -0.39 is 5.91 Å². The molecule has 0 fully saturated rings. The monoisotopic (exact) mass is 350 g/mol. The lowest BCUT2D eigenvalue weighted by atomic mass is 10.3. The maximum Gasteiger partial charge on any atom is 0.255 e. The zero-order valence-electron chi connectivity index (χ0n) is 10.2. The molecule has 0 radical (unpaired) electrons. The second kappa shape index (κ2) is 5.73. The summed E-state index contributed by atoms with van der Waals surface area (Å²) in [5.41, 5.74) is 11.7. The Balaban J connectivity index is 2.75. The summed E-state index contributed by atoms with van der Waals surface area (Å²) >= 11 is 19.3. The number of anilines is 1. The van der Waals surface area contributed by atoms with Crippen LogP contribution in [0.25, 0.3) is 5.69 Å². The number of amides is 1. The summed E-state index contributed by atoms with van der Waals surface area (Å²) < 4.78 is 1.28. The molecule has 0 spiro atoms. The second-order valence-electron chi connectivity index (χ2n) is 3.76. The molecule has 0 bridgehead atoms. The third-order valence-corrected chi connectivity index (χ3v) is 3.99. The predicted molar refractivity (Wildman–Crippen MR) is 83.3 cm³/mol. The lowest BCUT2D eigenvalue weighted by Gasteiger charge is -2.09. The van der Waals surface area contributed by atoms with Crippen molar-refractivity contribution in [1.29, 1.82) is 0 Å². The Bertz CT molecular complexity index is 678. The first-order valence-electron chi connectivity index (χ1n) is 5.24. The van der Waals surface area contributed by atoms with Crippen LogP contribution < -0.4 is 11.5 Å². The van der Waals surface area contributed by atoms with Gasteiger partial charge in [-0.1, -0.05) is 34.8 Å². The van der Waals surface area contributed by atoms with Gasteiger partial charge >= 0.3 is 0 Å². The first kappa shape index (κ1) is 15.3.